The normalized spacial score (nSPS) is 11.7. The number of methoxy groups -OCH3 is 1. The molecule has 0 aliphatic rings. The summed E-state index contributed by atoms with van der Waals surface area (Å²) in [6.07, 6.45) is 5.95. The lowest BCUT2D eigenvalue weighted by molar-refractivity contribution is 0.0743. The van der Waals surface area contributed by atoms with Gasteiger partial charge in [-0.2, -0.15) is 0 Å². The fraction of sp³-hybridized carbons (Fsp3) is 0.261. The van der Waals surface area contributed by atoms with Gasteiger partial charge in [0.15, 0.2) is 0 Å². The van der Waals surface area contributed by atoms with Crippen LogP contribution < -0.4 is 4.74 Å². The second kappa shape index (κ2) is 8.65. The number of aromatic nitrogens is 2. The molecule has 1 amide bonds. The summed E-state index contributed by atoms with van der Waals surface area (Å²) in [7, 11) is 3.45. The van der Waals surface area contributed by atoms with Crippen LogP contribution in [0.15, 0.2) is 61.1 Å². The van der Waals surface area contributed by atoms with Crippen molar-refractivity contribution in [3.63, 3.8) is 0 Å². The highest BCUT2D eigenvalue weighted by molar-refractivity contribution is 5.95. The average molecular weight is 375 g/mol. The molecule has 2 aromatic heterocycles. The van der Waals surface area contributed by atoms with Crippen molar-refractivity contribution in [1.29, 1.82) is 0 Å². The topological polar surface area (TPSA) is 55.3 Å². The van der Waals surface area contributed by atoms with E-state index >= 15 is 0 Å². The number of carbonyl (C=O) groups is 1. The van der Waals surface area contributed by atoms with Crippen LogP contribution in [0.5, 0.6) is 5.75 Å². The zero-order valence-electron chi connectivity index (χ0n) is 16.7. The fourth-order valence-corrected chi connectivity index (χ4v) is 3.07. The number of nitrogens with zero attached hydrogens (tertiary/aromatic N) is 3. The summed E-state index contributed by atoms with van der Waals surface area (Å²) in [5, 5.41) is 0. The van der Waals surface area contributed by atoms with Crippen molar-refractivity contribution in [2.45, 2.75) is 26.3 Å². The Labute approximate surface area is 166 Å². The molecule has 2 heterocycles. The smallest absolute Gasteiger partial charge is 0.253 e. The van der Waals surface area contributed by atoms with Crippen LogP contribution >= 0.6 is 0 Å². The maximum atomic E-state index is 13.0. The second-order valence-electron chi connectivity index (χ2n) is 6.99. The molecule has 0 N–H and O–H groups in total. The minimum atomic E-state index is -0.0159. The largest absolute Gasteiger partial charge is 0.495 e. The average Bonchev–Trinajstić information content (AvgIpc) is 2.72. The molecule has 3 rings (SSSR count). The van der Waals surface area contributed by atoms with Crippen molar-refractivity contribution in [3.8, 4) is 16.9 Å². The van der Waals surface area contributed by atoms with Gasteiger partial charge in [0, 0.05) is 48.7 Å². The molecule has 0 aliphatic heterocycles. The number of hydrogen-bond acceptors (Lipinski definition) is 4. The first kappa shape index (κ1) is 19.5. The number of hydrogen-bond donors (Lipinski definition) is 0. The summed E-state index contributed by atoms with van der Waals surface area (Å²) in [4.78, 5) is 23.4. The number of ether oxygens (including phenoxy) is 1. The lowest BCUT2D eigenvalue weighted by atomic mass is 10.0. The van der Waals surface area contributed by atoms with E-state index in [9.17, 15) is 4.79 Å². The predicted molar refractivity (Wildman–Crippen MR) is 110 cm³/mol. The lowest BCUT2D eigenvalue weighted by Gasteiger charge is -2.25. The van der Waals surface area contributed by atoms with Gasteiger partial charge in [0.05, 0.1) is 13.3 Å². The molecule has 0 bridgehead atoms. The van der Waals surface area contributed by atoms with E-state index in [2.05, 4.69) is 16.0 Å². The summed E-state index contributed by atoms with van der Waals surface area (Å²) in [6, 6.07) is 13.6. The van der Waals surface area contributed by atoms with Gasteiger partial charge in [-0.25, -0.2) is 0 Å². The summed E-state index contributed by atoms with van der Waals surface area (Å²) < 4.78 is 5.25. The number of rotatable bonds is 6. The molecular formula is C23H25N3O2. The number of carbonyl (C=O) groups excluding carboxylic acids is 1. The minimum Gasteiger partial charge on any atom is -0.495 e. The molecule has 0 saturated carbocycles. The lowest BCUT2D eigenvalue weighted by Crippen LogP contribution is -2.36. The molecule has 0 fully saturated rings. The Balaban J connectivity index is 1.77. The summed E-state index contributed by atoms with van der Waals surface area (Å²) >= 11 is 0. The van der Waals surface area contributed by atoms with E-state index < -0.39 is 0 Å². The van der Waals surface area contributed by atoms with Gasteiger partial charge < -0.3 is 9.64 Å². The van der Waals surface area contributed by atoms with Gasteiger partial charge >= 0.3 is 0 Å². The van der Waals surface area contributed by atoms with Crippen LogP contribution in [0.2, 0.25) is 0 Å². The molecule has 28 heavy (non-hydrogen) atoms. The van der Waals surface area contributed by atoms with E-state index in [4.69, 9.17) is 4.74 Å². The van der Waals surface area contributed by atoms with E-state index in [1.807, 2.05) is 63.5 Å². The van der Waals surface area contributed by atoms with E-state index in [1.54, 1.807) is 24.4 Å². The third-order valence-electron chi connectivity index (χ3n) is 4.85. The highest BCUT2D eigenvalue weighted by Crippen LogP contribution is 2.24. The van der Waals surface area contributed by atoms with Gasteiger partial charge in [0.1, 0.15) is 5.75 Å². The quantitative estimate of drug-likeness (QED) is 0.649. The van der Waals surface area contributed by atoms with Crippen LogP contribution in [0.1, 0.15) is 28.5 Å². The molecular weight excluding hydrogens is 350 g/mol. The first-order valence-electron chi connectivity index (χ1n) is 9.26. The van der Waals surface area contributed by atoms with Crippen LogP contribution in [0, 0.1) is 6.92 Å². The Morgan fingerprint density at radius 3 is 2.71 bits per heavy atom. The number of benzene rings is 1. The fourth-order valence-electron chi connectivity index (χ4n) is 3.07. The zero-order chi connectivity index (χ0) is 20.1. The molecule has 0 aliphatic carbocycles. The molecule has 0 saturated heterocycles. The van der Waals surface area contributed by atoms with Crippen LogP contribution in [0.3, 0.4) is 0 Å². The van der Waals surface area contributed by atoms with Gasteiger partial charge in [0.25, 0.3) is 5.91 Å². The second-order valence-corrected chi connectivity index (χ2v) is 6.99. The third-order valence-corrected chi connectivity index (χ3v) is 4.85. The maximum Gasteiger partial charge on any atom is 0.253 e. The molecule has 144 valence electrons. The van der Waals surface area contributed by atoms with Crippen LogP contribution in [0.4, 0.5) is 0 Å². The van der Waals surface area contributed by atoms with Crippen molar-refractivity contribution in [3.05, 3.63) is 77.9 Å². The highest BCUT2D eigenvalue weighted by Gasteiger charge is 2.19. The van der Waals surface area contributed by atoms with Crippen LogP contribution in [-0.2, 0) is 6.42 Å². The Morgan fingerprint density at radius 1 is 1.14 bits per heavy atom. The van der Waals surface area contributed by atoms with Gasteiger partial charge in [-0.1, -0.05) is 12.1 Å². The molecule has 1 aromatic carbocycles. The standard InChI is InChI=1S/C23H25N3O2/c1-16-8-9-25-21(10-16)11-17(2)26(3)23(27)19-7-5-6-18(12-19)20-13-22(28-4)15-24-14-20/h5-10,12-15,17H,11H2,1-4H3/t17-/m0/s1. The molecule has 5 heteroatoms. The first-order chi connectivity index (χ1) is 13.5. The third kappa shape index (κ3) is 4.55. The predicted octanol–water partition coefficient (Wildman–Crippen LogP) is 4.16. The molecule has 1 atom stereocenters. The highest BCUT2D eigenvalue weighted by atomic mass is 16.5. The Bertz CT molecular complexity index is 971. The Kier molecular flexibility index (Phi) is 6.04. The summed E-state index contributed by atoms with van der Waals surface area (Å²) in [5.41, 5.74) is 4.65. The SMILES string of the molecule is COc1cncc(-c2cccc(C(=O)N(C)[C@@H](C)Cc3cc(C)ccn3)c2)c1. The molecule has 0 radical (unpaired) electrons. The van der Waals surface area contributed by atoms with Crippen LogP contribution in [-0.4, -0.2) is 41.0 Å². The minimum absolute atomic E-state index is 0.0159. The molecule has 5 nitrogen and oxygen atoms in total. The number of amides is 1. The number of aryl methyl sites for hydroxylation is 1. The monoisotopic (exact) mass is 375 g/mol. The van der Waals surface area contributed by atoms with Gasteiger partial charge in [-0.3, -0.25) is 14.8 Å². The van der Waals surface area contributed by atoms with Crippen molar-refractivity contribution in [2.24, 2.45) is 0 Å². The van der Waals surface area contributed by atoms with Crippen molar-refractivity contribution in [2.75, 3.05) is 14.2 Å². The van der Waals surface area contributed by atoms with E-state index in [-0.39, 0.29) is 11.9 Å². The van der Waals surface area contributed by atoms with E-state index in [0.29, 0.717) is 17.7 Å². The van der Waals surface area contributed by atoms with Crippen molar-refractivity contribution < 1.29 is 9.53 Å². The Hall–Kier alpha value is -3.21. The zero-order valence-corrected chi connectivity index (χ0v) is 16.7. The van der Waals surface area contributed by atoms with Crippen molar-refractivity contribution in [1.82, 2.24) is 14.9 Å². The van der Waals surface area contributed by atoms with E-state index in [0.717, 1.165) is 16.8 Å². The molecule has 0 unspecified atom stereocenters. The van der Waals surface area contributed by atoms with Gasteiger partial charge in [-0.05, 0) is 55.3 Å². The maximum absolute atomic E-state index is 13.0. The van der Waals surface area contributed by atoms with Crippen LogP contribution in [0.25, 0.3) is 11.1 Å². The molecule has 0 spiro atoms. The first-order valence-corrected chi connectivity index (χ1v) is 9.26. The summed E-state index contributed by atoms with van der Waals surface area (Å²) in [5.74, 6) is 0.670. The number of pyridine rings is 2. The number of likely N-dealkylation sites (N-methyl/N-ethyl adjacent to an activating group) is 1. The summed E-state index contributed by atoms with van der Waals surface area (Å²) in [6.45, 7) is 4.08. The van der Waals surface area contributed by atoms with Crippen molar-refractivity contribution >= 4 is 5.91 Å². The van der Waals surface area contributed by atoms with Gasteiger partial charge in [0.2, 0.25) is 0 Å². The Morgan fingerprint density at radius 2 is 1.96 bits per heavy atom. The van der Waals surface area contributed by atoms with Gasteiger partial charge in [-0.15, -0.1) is 0 Å². The molecule has 3 aromatic rings. The van der Waals surface area contributed by atoms with E-state index in [1.165, 1.54) is 5.56 Å².